The van der Waals surface area contributed by atoms with Gasteiger partial charge in [-0.05, 0) is 55.7 Å². The molecule has 10 heteroatoms. The number of carbonyl (C=O) groups excluding carboxylic acids is 2. The van der Waals surface area contributed by atoms with Crippen molar-refractivity contribution in [1.82, 2.24) is 14.9 Å². The van der Waals surface area contributed by atoms with Crippen molar-refractivity contribution < 1.29 is 27.5 Å². The third kappa shape index (κ3) is 3.59. The number of hydrogen-bond donors (Lipinski definition) is 2. The smallest absolute Gasteiger partial charge is 0.322 e. The average Bonchev–Trinajstić information content (AvgIpc) is 3.38. The van der Waals surface area contributed by atoms with E-state index in [0.29, 0.717) is 24.5 Å². The van der Waals surface area contributed by atoms with Crippen LogP contribution in [0.5, 0.6) is 11.5 Å². The molecule has 2 atom stereocenters. The maximum absolute atomic E-state index is 13.6. The van der Waals surface area contributed by atoms with E-state index in [1.807, 2.05) is 24.3 Å². The third-order valence-corrected chi connectivity index (χ3v) is 7.97. The van der Waals surface area contributed by atoms with Crippen LogP contribution in [0.3, 0.4) is 0 Å². The van der Waals surface area contributed by atoms with E-state index in [1.54, 1.807) is 7.11 Å². The molecular formula is C22H25N3O6S. The van der Waals surface area contributed by atoms with Gasteiger partial charge >= 0.3 is 6.03 Å². The second-order valence-corrected chi connectivity index (χ2v) is 9.83. The van der Waals surface area contributed by atoms with Gasteiger partial charge in [0, 0.05) is 12.1 Å². The predicted molar refractivity (Wildman–Crippen MR) is 116 cm³/mol. The molecule has 0 unspecified atom stereocenters. The number of nitrogens with zero attached hydrogens (tertiary/aromatic N) is 1. The number of rotatable bonds is 6. The molecule has 2 aromatic rings. The Balaban J connectivity index is 1.73. The first kappa shape index (κ1) is 22.1. The second-order valence-electron chi connectivity index (χ2n) is 7.94. The number of methoxy groups -OCH3 is 2. The Kier molecular flexibility index (Phi) is 5.59. The van der Waals surface area contributed by atoms with Crippen molar-refractivity contribution >= 4 is 22.0 Å². The highest BCUT2D eigenvalue weighted by Crippen LogP contribution is 2.39. The zero-order valence-electron chi connectivity index (χ0n) is 18.0. The Hall–Kier alpha value is -3.11. The molecule has 0 saturated carbocycles. The van der Waals surface area contributed by atoms with Gasteiger partial charge in [0.05, 0.1) is 25.2 Å². The van der Waals surface area contributed by atoms with E-state index in [2.05, 4.69) is 10.6 Å². The summed E-state index contributed by atoms with van der Waals surface area (Å²) in [6.45, 7) is 1.90. The lowest BCUT2D eigenvalue weighted by Crippen LogP contribution is -2.41. The van der Waals surface area contributed by atoms with Gasteiger partial charge in [-0.25, -0.2) is 13.2 Å². The first-order valence-corrected chi connectivity index (χ1v) is 11.6. The number of ether oxygens (including phenoxy) is 2. The number of carbonyl (C=O) groups is 2. The molecule has 0 spiro atoms. The maximum atomic E-state index is 13.6. The first-order chi connectivity index (χ1) is 15.2. The monoisotopic (exact) mass is 459 g/mol. The quantitative estimate of drug-likeness (QED) is 0.641. The molecule has 0 aromatic heterocycles. The number of sulfonamides is 1. The zero-order chi connectivity index (χ0) is 23.1. The first-order valence-electron chi connectivity index (χ1n) is 10.2. The molecule has 0 radical (unpaired) electrons. The van der Waals surface area contributed by atoms with Crippen LogP contribution in [-0.4, -0.2) is 45.4 Å². The molecule has 2 aliphatic rings. The number of benzene rings is 2. The van der Waals surface area contributed by atoms with Crippen LogP contribution in [0, 0.1) is 0 Å². The molecule has 2 aromatic carbocycles. The van der Waals surface area contributed by atoms with Crippen molar-refractivity contribution in [2.45, 2.75) is 36.2 Å². The molecule has 4 rings (SSSR count). The van der Waals surface area contributed by atoms with Crippen LogP contribution in [0.1, 0.15) is 36.9 Å². The SMILES string of the molecule is COc1ccc([C@@H]2CCCN2S(=O)(=O)c2ccc(OC)c([C@]3(C)NC(=O)NC3=O)c2)cc1. The summed E-state index contributed by atoms with van der Waals surface area (Å²) in [6, 6.07) is 10.8. The summed E-state index contributed by atoms with van der Waals surface area (Å²) in [5.74, 6) is 0.427. The summed E-state index contributed by atoms with van der Waals surface area (Å²) in [5.41, 5.74) is -0.298. The summed E-state index contributed by atoms with van der Waals surface area (Å²) in [4.78, 5) is 24.3. The fourth-order valence-corrected chi connectivity index (χ4v) is 6.00. The number of amides is 3. The molecule has 2 heterocycles. The van der Waals surface area contributed by atoms with Crippen LogP contribution in [-0.2, 0) is 20.4 Å². The summed E-state index contributed by atoms with van der Waals surface area (Å²) >= 11 is 0. The van der Waals surface area contributed by atoms with Crippen LogP contribution < -0.4 is 20.1 Å². The van der Waals surface area contributed by atoms with Crippen LogP contribution >= 0.6 is 0 Å². The molecule has 0 bridgehead atoms. The minimum atomic E-state index is -3.88. The largest absolute Gasteiger partial charge is 0.497 e. The highest BCUT2D eigenvalue weighted by molar-refractivity contribution is 7.89. The van der Waals surface area contributed by atoms with Crippen LogP contribution in [0.15, 0.2) is 47.4 Å². The number of urea groups is 1. The Morgan fingerprint density at radius 1 is 1.06 bits per heavy atom. The summed E-state index contributed by atoms with van der Waals surface area (Å²) in [7, 11) is -0.883. The molecule has 9 nitrogen and oxygen atoms in total. The topological polar surface area (TPSA) is 114 Å². The van der Waals surface area contributed by atoms with Gasteiger partial charge < -0.3 is 14.8 Å². The summed E-state index contributed by atoms with van der Waals surface area (Å²) in [6.07, 6.45) is 1.43. The van der Waals surface area contributed by atoms with Crippen LogP contribution in [0.2, 0.25) is 0 Å². The lowest BCUT2D eigenvalue weighted by atomic mass is 9.91. The number of imide groups is 1. The minimum Gasteiger partial charge on any atom is -0.497 e. The predicted octanol–water partition coefficient (Wildman–Crippen LogP) is 2.28. The summed E-state index contributed by atoms with van der Waals surface area (Å²) in [5, 5.41) is 4.76. The lowest BCUT2D eigenvalue weighted by molar-refractivity contribution is -0.123. The van der Waals surface area contributed by atoms with Crippen molar-refractivity contribution in [2.75, 3.05) is 20.8 Å². The Bertz CT molecular complexity index is 1160. The van der Waals surface area contributed by atoms with E-state index >= 15 is 0 Å². The molecule has 32 heavy (non-hydrogen) atoms. The second kappa shape index (κ2) is 8.10. The van der Waals surface area contributed by atoms with Crippen molar-refractivity contribution in [3.8, 4) is 11.5 Å². The normalized spacial score (nSPS) is 23.7. The van der Waals surface area contributed by atoms with Crippen molar-refractivity contribution in [3.63, 3.8) is 0 Å². The molecule has 2 saturated heterocycles. The lowest BCUT2D eigenvalue weighted by Gasteiger charge is -2.27. The van der Waals surface area contributed by atoms with Gasteiger partial charge in [-0.15, -0.1) is 0 Å². The van der Waals surface area contributed by atoms with Crippen LogP contribution in [0.4, 0.5) is 4.79 Å². The molecule has 2 N–H and O–H groups in total. The number of hydrogen-bond acceptors (Lipinski definition) is 6. The van der Waals surface area contributed by atoms with E-state index in [-0.39, 0.29) is 16.5 Å². The molecule has 2 aliphatic heterocycles. The highest BCUT2D eigenvalue weighted by atomic mass is 32.2. The molecule has 0 aliphatic carbocycles. The Labute approximate surface area is 186 Å². The molecular weight excluding hydrogens is 434 g/mol. The highest BCUT2D eigenvalue weighted by Gasteiger charge is 2.46. The van der Waals surface area contributed by atoms with Gasteiger partial charge in [0.25, 0.3) is 5.91 Å². The van der Waals surface area contributed by atoms with E-state index in [0.717, 1.165) is 12.0 Å². The standard InChI is InChI=1S/C22H25N3O6S/c1-22(20(26)23-21(27)24-22)17-13-16(10-11-19(17)31-3)32(28,29)25-12-4-5-18(25)14-6-8-15(30-2)9-7-14/h6-11,13,18H,4-5,12H2,1-3H3,(H2,23,24,26,27)/t18-,22-/m0/s1. The van der Waals surface area contributed by atoms with Crippen molar-refractivity contribution in [3.05, 3.63) is 53.6 Å². The van der Waals surface area contributed by atoms with E-state index < -0.39 is 27.5 Å². The van der Waals surface area contributed by atoms with Crippen molar-refractivity contribution in [1.29, 1.82) is 0 Å². The van der Waals surface area contributed by atoms with Crippen molar-refractivity contribution in [2.24, 2.45) is 0 Å². The molecule has 2 fully saturated rings. The zero-order valence-corrected chi connectivity index (χ0v) is 18.9. The van der Waals surface area contributed by atoms with Gasteiger partial charge in [0.15, 0.2) is 0 Å². The van der Waals surface area contributed by atoms with Gasteiger partial charge in [0.2, 0.25) is 10.0 Å². The molecule has 170 valence electrons. The van der Waals surface area contributed by atoms with Crippen LogP contribution in [0.25, 0.3) is 0 Å². The van der Waals surface area contributed by atoms with Gasteiger partial charge in [-0.1, -0.05) is 12.1 Å². The fourth-order valence-electron chi connectivity index (χ4n) is 4.29. The Morgan fingerprint density at radius 2 is 1.78 bits per heavy atom. The fraction of sp³-hybridized carbons (Fsp3) is 0.364. The molecule has 3 amide bonds. The Morgan fingerprint density at radius 3 is 2.38 bits per heavy atom. The maximum Gasteiger partial charge on any atom is 0.322 e. The summed E-state index contributed by atoms with van der Waals surface area (Å²) < 4.78 is 39.3. The average molecular weight is 460 g/mol. The van der Waals surface area contributed by atoms with Gasteiger partial charge in [0.1, 0.15) is 17.0 Å². The number of nitrogens with one attached hydrogen (secondary N) is 2. The van der Waals surface area contributed by atoms with E-state index in [1.165, 1.54) is 36.5 Å². The van der Waals surface area contributed by atoms with Gasteiger partial charge in [-0.3, -0.25) is 10.1 Å². The third-order valence-electron chi connectivity index (χ3n) is 6.07. The van der Waals surface area contributed by atoms with E-state index in [4.69, 9.17) is 9.47 Å². The van der Waals surface area contributed by atoms with E-state index in [9.17, 15) is 18.0 Å². The minimum absolute atomic E-state index is 0.0314. The van der Waals surface area contributed by atoms with Gasteiger partial charge in [-0.2, -0.15) is 4.31 Å².